The van der Waals surface area contributed by atoms with Gasteiger partial charge in [0, 0.05) is 33.1 Å². The normalized spacial score (nSPS) is 19.5. The fourth-order valence-corrected chi connectivity index (χ4v) is 3.50. The van der Waals surface area contributed by atoms with E-state index in [1.165, 1.54) is 0 Å². The fourth-order valence-electron chi connectivity index (χ4n) is 1.67. The van der Waals surface area contributed by atoms with Crippen molar-refractivity contribution < 1.29 is 9.59 Å². The third-order valence-electron chi connectivity index (χ3n) is 2.54. The lowest BCUT2D eigenvalue weighted by Crippen LogP contribution is -2.44. The molecule has 1 heterocycles. The minimum Gasteiger partial charge on any atom is -0.343 e. The molecule has 1 aromatic carbocycles. The predicted octanol–water partition coefficient (Wildman–Crippen LogP) is 2.66. The largest absolute Gasteiger partial charge is 0.343 e. The van der Waals surface area contributed by atoms with Crippen LogP contribution in [0.1, 0.15) is 6.42 Å². The maximum atomic E-state index is 12.1. The van der Waals surface area contributed by atoms with E-state index in [0.29, 0.717) is 22.9 Å². The van der Waals surface area contributed by atoms with Crippen LogP contribution in [0.2, 0.25) is 5.02 Å². The molecule has 1 atom stereocenters. The van der Waals surface area contributed by atoms with Crippen molar-refractivity contribution in [1.29, 1.82) is 0 Å². The van der Waals surface area contributed by atoms with Gasteiger partial charge in [-0.1, -0.05) is 27.5 Å². The van der Waals surface area contributed by atoms with Gasteiger partial charge in [0.05, 0.1) is 0 Å². The summed E-state index contributed by atoms with van der Waals surface area (Å²) in [6.45, 7) is 0. The first-order chi connectivity index (χ1) is 9.04. The predicted molar refractivity (Wildman–Crippen MR) is 81.7 cm³/mol. The van der Waals surface area contributed by atoms with Crippen LogP contribution in [0.5, 0.6) is 0 Å². The van der Waals surface area contributed by atoms with Gasteiger partial charge in [0.25, 0.3) is 0 Å². The highest BCUT2D eigenvalue weighted by molar-refractivity contribution is 9.10. The molecule has 2 amide bonds. The summed E-state index contributed by atoms with van der Waals surface area (Å²) >= 11 is 10.8. The van der Waals surface area contributed by atoms with Crippen molar-refractivity contribution in [2.75, 3.05) is 16.8 Å². The molecule has 102 valence electrons. The van der Waals surface area contributed by atoms with E-state index in [4.69, 9.17) is 11.6 Å². The average molecular weight is 364 g/mol. The molecule has 1 fully saturated rings. The minimum atomic E-state index is -0.502. The van der Waals surface area contributed by atoms with Crippen LogP contribution in [0.15, 0.2) is 22.7 Å². The maximum Gasteiger partial charge on any atom is 0.247 e. The van der Waals surface area contributed by atoms with Crippen molar-refractivity contribution >= 4 is 56.8 Å². The van der Waals surface area contributed by atoms with E-state index < -0.39 is 6.04 Å². The van der Waals surface area contributed by atoms with E-state index >= 15 is 0 Å². The second-order valence-electron chi connectivity index (χ2n) is 4.09. The maximum absolute atomic E-state index is 12.1. The number of nitrogens with one attached hydrogen (secondary N) is 2. The number of anilines is 1. The monoisotopic (exact) mass is 362 g/mol. The highest BCUT2D eigenvalue weighted by Gasteiger charge is 2.23. The second kappa shape index (κ2) is 6.63. The molecule has 1 aliphatic heterocycles. The standard InChI is InChI=1S/C12H12BrClN2O2S/c13-7-3-8(14)5-9(4-7)15-12(18)10-6-19-2-1-11(17)16-10/h3-5,10H,1-2,6H2,(H,15,18)(H,16,17)/t10-/m1/s1. The van der Waals surface area contributed by atoms with Gasteiger partial charge < -0.3 is 10.6 Å². The SMILES string of the molecule is O=C1CCSC[C@H](C(=O)Nc2cc(Cl)cc(Br)c2)N1. The van der Waals surface area contributed by atoms with E-state index in [2.05, 4.69) is 26.6 Å². The van der Waals surface area contributed by atoms with Crippen LogP contribution in [-0.2, 0) is 9.59 Å². The summed E-state index contributed by atoms with van der Waals surface area (Å²) < 4.78 is 0.787. The molecule has 1 aliphatic rings. The first-order valence-electron chi connectivity index (χ1n) is 5.68. The Bertz CT molecular complexity index is 492. The Morgan fingerprint density at radius 3 is 3.00 bits per heavy atom. The topological polar surface area (TPSA) is 58.2 Å². The Hall–Kier alpha value is -0.720. The molecule has 0 bridgehead atoms. The van der Waals surface area contributed by atoms with Crippen molar-refractivity contribution in [3.05, 3.63) is 27.7 Å². The van der Waals surface area contributed by atoms with Crippen LogP contribution in [0, 0.1) is 0 Å². The Kier molecular flexibility index (Phi) is 5.13. The van der Waals surface area contributed by atoms with Crippen LogP contribution < -0.4 is 10.6 Å². The first kappa shape index (κ1) is 14.7. The molecule has 0 aliphatic carbocycles. The van der Waals surface area contributed by atoms with Crippen LogP contribution in [-0.4, -0.2) is 29.4 Å². The summed E-state index contributed by atoms with van der Waals surface area (Å²) in [5, 5.41) is 6.00. The van der Waals surface area contributed by atoms with Gasteiger partial charge >= 0.3 is 0 Å². The highest BCUT2D eigenvalue weighted by Crippen LogP contribution is 2.23. The van der Waals surface area contributed by atoms with Gasteiger partial charge in [-0.2, -0.15) is 11.8 Å². The van der Waals surface area contributed by atoms with Gasteiger partial charge in [0.1, 0.15) is 6.04 Å². The minimum absolute atomic E-state index is 0.0857. The molecule has 1 aromatic rings. The molecule has 0 spiro atoms. The number of benzene rings is 1. The Balaban J connectivity index is 2.05. The van der Waals surface area contributed by atoms with Gasteiger partial charge in [0.2, 0.25) is 11.8 Å². The molecule has 2 N–H and O–H groups in total. The van der Waals surface area contributed by atoms with Crippen LogP contribution in [0.4, 0.5) is 5.69 Å². The van der Waals surface area contributed by atoms with Crippen LogP contribution >= 0.6 is 39.3 Å². The summed E-state index contributed by atoms with van der Waals surface area (Å²) in [4.78, 5) is 23.5. The number of amides is 2. The smallest absolute Gasteiger partial charge is 0.247 e. The molecular formula is C12H12BrClN2O2S. The van der Waals surface area contributed by atoms with Crippen molar-refractivity contribution in [2.45, 2.75) is 12.5 Å². The number of halogens is 2. The van der Waals surface area contributed by atoms with Crippen molar-refractivity contribution in [3.8, 4) is 0 Å². The molecule has 0 unspecified atom stereocenters. The second-order valence-corrected chi connectivity index (χ2v) is 6.59. The number of hydrogen-bond acceptors (Lipinski definition) is 3. The van der Waals surface area contributed by atoms with E-state index in [-0.39, 0.29) is 11.8 Å². The fraction of sp³-hybridized carbons (Fsp3) is 0.333. The number of thioether (sulfide) groups is 1. The number of hydrogen-bond donors (Lipinski definition) is 2. The lowest BCUT2D eigenvalue weighted by atomic mass is 10.2. The quantitative estimate of drug-likeness (QED) is 0.849. The Morgan fingerprint density at radius 2 is 2.26 bits per heavy atom. The third-order valence-corrected chi connectivity index (χ3v) is 4.28. The van der Waals surface area contributed by atoms with Gasteiger partial charge in [-0.15, -0.1) is 0 Å². The lowest BCUT2D eigenvalue weighted by Gasteiger charge is -2.15. The molecule has 2 rings (SSSR count). The molecule has 7 heteroatoms. The first-order valence-corrected chi connectivity index (χ1v) is 8.01. The van der Waals surface area contributed by atoms with Crippen molar-refractivity contribution in [2.24, 2.45) is 0 Å². The number of carbonyl (C=O) groups excluding carboxylic acids is 2. The summed E-state index contributed by atoms with van der Waals surface area (Å²) in [6, 6.07) is 4.66. The zero-order chi connectivity index (χ0) is 13.8. The number of rotatable bonds is 2. The van der Waals surface area contributed by atoms with Crippen LogP contribution in [0.25, 0.3) is 0 Å². The van der Waals surface area contributed by atoms with Crippen molar-refractivity contribution in [1.82, 2.24) is 5.32 Å². The highest BCUT2D eigenvalue weighted by atomic mass is 79.9. The third kappa shape index (κ3) is 4.40. The lowest BCUT2D eigenvalue weighted by molar-refractivity contribution is -0.125. The molecular weight excluding hydrogens is 352 g/mol. The Morgan fingerprint density at radius 1 is 1.47 bits per heavy atom. The zero-order valence-corrected chi connectivity index (χ0v) is 13.1. The van der Waals surface area contributed by atoms with Gasteiger partial charge in [-0.3, -0.25) is 9.59 Å². The summed E-state index contributed by atoms with van der Waals surface area (Å²) in [5.74, 6) is 1.02. The molecule has 4 nitrogen and oxygen atoms in total. The molecule has 0 aromatic heterocycles. The van der Waals surface area contributed by atoms with Crippen LogP contribution in [0.3, 0.4) is 0 Å². The summed E-state index contributed by atoms with van der Waals surface area (Å²) in [6.07, 6.45) is 0.456. The van der Waals surface area contributed by atoms with Gasteiger partial charge in [-0.25, -0.2) is 0 Å². The Labute approximate surface area is 128 Å². The summed E-state index contributed by atoms with van der Waals surface area (Å²) in [5.41, 5.74) is 0.605. The average Bonchev–Trinajstić information content (AvgIpc) is 2.52. The van der Waals surface area contributed by atoms with E-state index in [0.717, 1.165) is 10.2 Å². The summed E-state index contributed by atoms with van der Waals surface area (Å²) in [7, 11) is 0. The van der Waals surface area contributed by atoms with Crippen molar-refractivity contribution in [3.63, 3.8) is 0 Å². The molecule has 0 radical (unpaired) electrons. The number of carbonyl (C=O) groups is 2. The molecule has 19 heavy (non-hydrogen) atoms. The molecule has 1 saturated heterocycles. The molecule has 0 saturated carbocycles. The van der Waals surface area contributed by atoms with Gasteiger partial charge in [-0.05, 0) is 18.2 Å². The van der Waals surface area contributed by atoms with E-state index in [1.807, 2.05) is 0 Å². The van der Waals surface area contributed by atoms with E-state index in [9.17, 15) is 9.59 Å². The van der Waals surface area contributed by atoms with Gasteiger partial charge in [0.15, 0.2) is 0 Å². The zero-order valence-electron chi connectivity index (χ0n) is 9.91. The van der Waals surface area contributed by atoms with E-state index in [1.54, 1.807) is 30.0 Å².